The number of carbonyl (C=O) groups is 1. The van der Waals surface area contributed by atoms with Crippen LogP contribution in [-0.4, -0.2) is 6.29 Å². The van der Waals surface area contributed by atoms with Crippen molar-refractivity contribution in [1.82, 2.24) is 0 Å². The van der Waals surface area contributed by atoms with Gasteiger partial charge >= 0.3 is 0 Å². The van der Waals surface area contributed by atoms with E-state index < -0.39 is 0 Å². The Labute approximate surface area is 99.8 Å². The fourth-order valence-corrected chi connectivity index (χ4v) is 2.69. The van der Waals surface area contributed by atoms with Gasteiger partial charge in [0.05, 0.1) is 4.88 Å². The molecule has 0 saturated carbocycles. The molecule has 0 unspecified atom stereocenters. The van der Waals surface area contributed by atoms with E-state index >= 15 is 0 Å². The molecule has 16 heavy (non-hydrogen) atoms. The normalized spacial score (nSPS) is 10.3. The Morgan fingerprint density at radius 3 is 2.69 bits per heavy atom. The molecule has 0 aliphatic carbocycles. The molecule has 0 radical (unpaired) electrons. The number of hydrogen-bond donors (Lipinski definition) is 0. The Morgan fingerprint density at radius 1 is 1.19 bits per heavy atom. The summed E-state index contributed by atoms with van der Waals surface area (Å²) >= 11 is 1.56. The van der Waals surface area contributed by atoms with E-state index in [1.165, 1.54) is 16.0 Å². The van der Waals surface area contributed by atoms with Crippen LogP contribution >= 0.6 is 11.3 Å². The smallest absolute Gasteiger partial charge is 0.160 e. The monoisotopic (exact) mass is 230 g/mol. The predicted molar refractivity (Wildman–Crippen MR) is 69.1 cm³/mol. The number of rotatable bonds is 4. The van der Waals surface area contributed by atoms with Crippen LogP contribution in [0.3, 0.4) is 0 Å². The van der Waals surface area contributed by atoms with Gasteiger partial charge in [-0.2, -0.15) is 0 Å². The van der Waals surface area contributed by atoms with Crippen LogP contribution in [0.2, 0.25) is 0 Å². The van der Waals surface area contributed by atoms with Crippen LogP contribution in [0.15, 0.2) is 36.4 Å². The lowest BCUT2D eigenvalue weighted by Gasteiger charge is -2.05. The summed E-state index contributed by atoms with van der Waals surface area (Å²) in [4.78, 5) is 12.7. The van der Waals surface area contributed by atoms with E-state index in [-0.39, 0.29) is 0 Å². The molecule has 1 aromatic carbocycles. The van der Waals surface area contributed by atoms with Gasteiger partial charge in [0.2, 0.25) is 0 Å². The Balaban J connectivity index is 2.42. The lowest BCUT2D eigenvalue weighted by molar-refractivity contribution is 0.112. The van der Waals surface area contributed by atoms with E-state index in [9.17, 15) is 4.79 Å². The highest BCUT2D eigenvalue weighted by atomic mass is 32.1. The lowest BCUT2D eigenvalue weighted by atomic mass is 10.0. The first-order valence-electron chi connectivity index (χ1n) is 5.48. The number of thiophene rings is 1. The second-order valence-corrected chi connectivity index (χ2v) is 4.84. The molecule has 0 aliphatic rings. The van der Waals surface area contributed by atoms with Crippen molar-refractivity contribution in [2.75, 3.05) is 0 Å². The standard InChI is InChI=1S/C14H14OS/c1-2-5-11-6-3-4-7-13(11)14-9-8-12(10-15)16-14/h3-4,6-10H,2,5H2,1H3. The van der Waals surface area contributed by atoms with Gasteiger partial charge in [0, 0.05) is 4.88 Å². The van der Waals surface area contributed by atoms with Gasteiger partial charge in [0.15, 0.2) is 6.29 Å². The minimum absolute atomic E-state index is 0.793. The molecular formula is C14H14OS. The largest absolute Gasteiger partial charge is 0.297 e. The molecule has 1 nitrogen and oxygen atoms in total. The molecule has 0 aliphatic heterocycles. The summed E-state index contributed by atoms with van der Waals surface area (Å²) in [5.41, 5.74) is 2.63. The van der Waals surface area contributed by atoms with Gasteiger partial charge in [-0.3, -0.25) is 4.79 Å². The van der Waals surface area contributed by atoms with E-state index in [1.54, 1.807) is 11.3 Å². The van der Waals surface area contributed by atoms with Crippen molar-refractivity contribution < 1.29 is 4.79 Å². The maximum atomic E-state index is 10.7. The summed E-state index contributed by atoms with van der Waals surface area (Å²) in [6.45, 7) is 2.18. The highest BCUT2D eigenvalue weighted by Crippen LogP contribution is 2.30. The molecule has 2 heteroatoms. The highest BCUT2D eigenvalue weighted by molar-refractivity contribution is 7.17. The average Bonchev–Trinajstić information content (AvgIpc) is 2.79. The third kappa shape index (κ3) is 2.22. The quantitative estimate of drug-likeness (QED) is 0.720. The van der Waals surface area contributed by atoms with Gasteiger partial charge in [0.25, 0.3) is 0 Å². The second-order valence-electron chi connectivity index (χ2n) is 3.73. The number of aryl methyl sites for hydroxylation is 1. The molecule has 2 rings (SSSR count). The van der Waals surface area contributed by atoms with Crippen molar-refractivity contribution in [2.45, 2.75) is 19.8 Å². The van der Waals surface area contributed by atoms with Crippen molar-refractivity contribution in [3.05, 3.63) is 46.8 Å². The third-order valence-corrected chi connectivity index (χ3v) is 3.59. The van der Waals surface area contributed by atoms with Gasteiger partial charge in [-0.1, -0.05) is 37.6 Å². The summed E-state index contributed by atoms with van der Waals surface area (Å²) in [7, 11) is 0. The van der Waals surface area contributed by atoms with Crippen LogP contribution in [0.25, 0.3) is 10.4 Å². The van der Waals surface area contributed by atoms with E-state index in [2.05, 4.69) is 31.2 Å². The summed E-state index contributed by atoms with van der Waals surface area (Å²) in [5, 5.41) is 0. The van der Waals surface area contributed by atoms with Gasteiger partial charge in [-0.25, -0.2) is 0 Å². The summed E-state index contributed by atoms with van der Waals surface area (Å²) in [5.74, 6) is 0. The number of hydrogen-bond acceptors (Lipinski definition) is 2. The van der Waals surface area contributed by atoms with E-state index in [1.807, 2.05) is 12.1 Å². The van der Waals surface area contributed by atoms with E-state index in [0.29, 0.717) is 0 Å². The molecule has 0 atom stereocenters. The van der Waals surface area contributed by atoms with Crippen LogP contribution in [0.5, 0.6) is 0 Å². The molecule has 0 spiro atoms. The molecule has 0 saturated heterocycles. The first-order valence-corrected chi connectivity index (χ1v) is 6.30. The molecule has 2 aromatic rings. The second kappa shape index (κ2) is 5.08. The minimum Gasteiger partial charge on any atom is -0.297 e. The molecular weight excluding hydrogens is 216 g/mol. The van der Waals surface area contributed by atoms with Gasteiger partial charge in [0.1, 0.15) is 0 Å². The van der Waals surface area contributed by atoms with Crippen molar-refractivity contribution in [3.63, 3.8) is 0 Å². The summed E-state index contributed by atoms with van der Waals surface area (Å²) < 4.78 is 0. The van der Waals surface area contributed by atoms with Crippen molar-refractivity contribution in [3.8, 4) is 10.4 Å². The SMILES string of the molecule is CCCc1ccccc1-c1ccc(C=O)s1. The fourth-order valence-electron chi connectivity index (χ4n) is 1.81. The Kier molecular flexibility index (Phi) is 3.52. The van der Waals surface area contributed by atoms with Crippen molar-refractivity contribution in [2.24, 2.45) is 0 Å². The molecule has 1 heterocycles. The molecule has 82 valence electrons. The maximum Gasteiger partial charge on any atom is 0.160 e. The third-order valence-electron chi connectivity index (χ3n) is 2.55. The Hall–Kier alpha value is -1.41. The molecule has 1 aromatic heterocycles. The van der Waals surface area contributed by atoms with Gasteiger partial charge in [-0.05, 0) is 29.7 Å². The molecule has 0 bridgehead atoms. The molecule has 0 N–H and O–H groups in total. The zero-order valence-corrected chi connectivity index (χ0v) is 10.1. The first-order chi connectivity index (χ1) is 7.85. The van der Waals surface area contributed by atoms with Crippen molar-refractivity contribution >= 4 is 17.6 Å². The van der Waals surface area contributed by atoms with E-state index in [0.717, 1.165) is 24.0 Å². The van der Waals surface area contributed by atoms with Crippen LogP contribution in [0, 0.1) is 0 Å². The van der Waals surface area contributed by atoms with Crippen LogP contribution in [-0.2, 0) is 6.42 Å². The summed E-state index contributed by atoms with van der Waals surface area (Å²) in [6.07, 6.45) is 3.14. The Bertz CT molecular complexity index is 485. The number of benzene rings is 1. The average molecular weight is 230 g/mol. The molecule has 0 amide bonds. The van der Waals surface area contributed by atoms with Crippen LogP contribution in [0.4, 0.5) is 0 Å². The minimum atomic E-state index is 0.793. The fraction of sp³-hybridized carbons (Fsp3) is 0.214. The van der Waals surface area contributed by atoms with Gasteiger partial charge < -0.3 is 0 Å². The highest BCUT2D eigenvalue weighted by Gasteiger charge is 2.06. The van der Waals surface area contributed by atoms with Gasteiger partial charge in [-0.15, -0.1) is 11.3 Å². The van der Waals surface area contributed by atoms with Crippen LogP contribution in [0.1, 0.15) is 28.6 Å². The van der Waals surface area contributed by atoms with Crippen molar-refractivity contribution in [1.29, 1.82) is 0 Å². The number of carbonyl (C=O) groups excluding carboxylic acids is 1. The zero-order valence-electron chi connectivity index (χ0n) is 9.27. The summed E-state index contributed by atoms with van der Waals surface area (Å²) in [6, 6.07) is 12.3. The number of aldehydes is 1. The predicted octanol–water partition coefficient (Wildman–Crippen LogP) is 4.18. The maximum absolute atomic E-state index is 10.7. The molecule has 0 fully saturated rings. The first kappa shape index (κ1) is 11.1. The zero-order chi connectivity index (χ0) is 11.4. The van der Waals surface area contributed by atoms with Crippen LogP contribution < -0.4 is 0 Å². The van der Waals surface area contributed by atoms with E-state index in [4.69, 9.17) is 0 Å². The topological polar surface area (TPSA) is 17.1 Å². The lowest BCUT2D eigenvalue weighted by Crippen LogP contribution is -1.86. The Morgan fingerprint density at radius 2 is 2.00 bits per heavy atom.